The largest absolute Gasteiger partial charge is 0.479 e. The average molecular weight is 170 g/mol. The molecule has 0 spiro atoms. The van der Waals surface area contributed by atoms with E-state index in [-0.39, 0.29) is 5.92 Å². The number of hydrogen-bond acceptors (Lipinski definition) is 2. The molecule has 0 saturated heterocycles. The summed E-state index contributed by atoms with van der Waals surface area (Å²) >= 11 is 0. The topological polar surface area (TPSA) is 57.5 Å². The van der Waals surface area contributed by atoms with Gasteiger partial charge in [0.15, 0.2) is 6.10 Å². The van der Waals surface area contributed by atoms with E-state index < -0.39 is 12.1 Å². The summed E-state index contributed by atoms with van der Waals surface area (Å²) in [6, 6.07) is 0. The van der Waals surface area contributed by atoms with Gasteiger partial charge in [-0.15, -0.1) is 0 Å². The van der Waals surface area contributed by atoms with Gasteiger partial charge in [-0.25, -0.2) is 4.79 Å². The summed E-state index contributed by atoms with van der Waals surface area (Å²) in [5.74, 6) is 0.184. The first-order valence-corrected chi connectivity index (χ1v) is 4.59. The first-order chi connectivity index (χ1) is 5.68. The second-order valence-electron chi connectivity index (χ2n) is 4.12. The number of aliphatic hydroxyl groups excluding tert-OH is 1. The van der Waals surface area contributed by atoms with Crippen LogP contribution in [0.25, 0.3) is 0 Å². The van der Waals surface area contributed by atoms with E-state index >= 15 is 0 Å². The lowest BCUT2D eigenvalue weighted by molar-refractivity contribution is -0.150. The maximum atomic E-state index is 10.5. The Kier molecular flexibility index (Phi) is 1.83. The predicted octanol–water partition coefficient (Wildman–Crippen LogP) is 0.868. The fourth-order valence-electron chi connectivity index (χ4n) is 2.86. The Labute approximate surface area is 71.4 Å². The first kappa shape index (κ1) is 8.05. The summed E-state index contributed by atoms with van der Waals surface area (Å²) in [5.41, 5.74) is 0. The molecule has 0 amide bonds. The van der Waals surface area contributed by atoms with Crippen LogP contribution in [0, 0.1) is 17.8 Å². The molecule has 2 N–H and O–H groups in total. The minimum Gasteiger partial charge on any atom is -0.479 e. The molecule has 0 aromatic rings. The highest BCUT2D eigenvalue weighted by Crippen LogP contribution is 2.49. The molecule has 0 radical (unpaired) electrons. The van der Waals surface area contributed by atoms with Crippen LogP contribution in [0.4, 0.5) is 0 Å². The summed E-state index contributed by atoms with van der Waals surface area (Å²) in [6.07, 6.45) is 3.33. The molecule has 0 heterocycles. The SMILES string of the molecule is O=C(O)C(O)C1CC2CCC1C2. The lowest BCUT2D eigenvalue weighted by atomic mass is 9.85. The van der Waals surface area contributed by atoms with Crippen LogP contribution in [0.2, 0.25) is 0 Å². The van der Waals surface area contributed by atoms with Crippen molar-refractivity contribution in [1.82, 2.24) is 0 Å². The number of fused-ring (bicyclic) bond motifs is 2. The summed E-state index contributed by atoms with van der Waals surface area (Å²) < 4.78 is 0. The van der Waals surface area contributed by atoms with Gasteiger partial charge in [-0.3, -0.25) is 0 Å². The van der Waals surface area contributed by atoms with E-state index in [1.807, 2.05) is 0 Å². The lowest BCUT2D eigenvalue weighted by Crippen LogP contribution is -2.32. The number of carbonyl (C=O) groups is 1. The molecule has 3 nitrogen and oxygen atoms in total. The van der Waals surface area contributed by atoms with Gasteiger partial charge in [-0.1, -0.05) is 6.42 Å². The van der Waals surface area contributed by atoms with Crippen LogP contribution in [0.15, 0.2) is 0 Å². The molecule has 0 aromatic heterocycles. The zero-order chi connectivity index (χ0) is 8.72. The van der Waals surface area contributed by atoms with Crippen LogP contribution in [0.5, 0.6) is 0 Å². The number of rotatable bonds is 2. The van der Waals surface area contributed by atoms with Crippen LogP contribution in [-0.2, 0) is 4.79 Å². The third kappa shape index (κ3) is 1.12. The molecule has 2 aliphatic rings. The van der Waals surface area contributed by atoms with Gasteiger partial charge < -0.3 is 10.2 Å². The molecular weight excluding hydrogens is 156 g/mol. The highest BCUT2D eigenvalue weighted by Gasteiger charge is 2.44. The number of aliphatic carboxylic acids is 1. The van der Waals surface area contributed by atoms with E-state index in [9.17, 15) is 9.90 Å². The number of hydrogen-bond donors (Lipinski definition) is 2. The Morgan fingerprint density at radius 3 is 2.50 bits per heavy atom. The van der Waals surface area contributed by atoms with Gasteiger partial charge in [0.1, 0.15) is 0 Å². The summed E-state index contributed by atoms with van der Waals surface area (Å²) in [4.78, 5) is 10.5. The molecule has 2 aliphatic carbocycles. The van der Waals surface area contributed by atoms with Crippen molar-refractivity contribution in [3.63, 3.8) is 0 Å². The monoisotopic (exact) mass is 170 g/mol. The predicted molar refractivity (Wildman–Crippen MR) is 42.6 cm³/mol. The van der Waals surface area contributed by atoms with E-state index in [0.29, 0.717) is 11.8 Å². The van der Waals surface area contributed by atoms with Crippen LogP contribution in [-0.4, -0.2) is 22.3 Å². The van der Waals surface area contributed by atoms with Crippen molar-refractivity contribution in [2.45, 2.75) is 31.8 Å². The maximum Gasteiger partial charge on any atom is 0.332 e. The second kappa shape index (κ2) is 2.73. The molecular formula is C9H14O3. The van der Waals surface area contributed by atoms with Crippen molar-refractivity contribution in [2.24, 2.45) is 17.8 Å². The fraction of sp³-hybridized carbons (Fsp3) is 0.889. The number of aliphatic hydroxyl groups is 1. The smallest absolute Gasteiger partial charge is 0.332 e. The van der Waals surface area contributed by atoms with Crippen LogP contribution in [0.1, 0.15) is 25.7 Å². The Morgan fingerprint density at radius 2 is 2.08 bits per heavy atom. The number of carboxylic acid groups (broad SMARTS) is 1. The molecule has 0 aromatic carbocycles. The van der Waals surface area contributed by atoms with E-state index in [2.05, 4.69) is 0 Å². The van der Waals surface area contributed by atoms with Gasteiger partial charge >= 0.3 is 5.97 Å². The summed E-state index contributed by atoms with van der Waals surface area (Å²) in [5, 5.41) is 18.0. The normalized spacial score (nSPS) is 41.6. The van der Waals surface area contributed by atoms with Crippen LogP contribution in [0.3, 0.4) is 0 Å². The summed E-state index contributed by atoms with van der Waals surface area (Å²) in [7, 11) is 0. The average Bonchev–Trinajstić information content (AvgIpc) is 2.62. The standard InChI is InChI=1S/C9H14O3/c10-8(9(11)12)7-4-5-1-2-6(7)3-5/h5-8,10H,1-4H2,(H,11,12). The molecule has 68 valence electrons. The second-order valence-corrected chi connectivity index (χ2v) is 4.12. The highest BCUT2D eigenvalue weighted by molar-refractivity contribution is 5.72. The van der Waals surface area contributed by atoms with Crippen molar-refractivity contribution in [1.29, 1.82) is 0 Å². The van der Waals surface area contributed by atoms with Gasteiger partial charge in [-0.2, -0.15) is 0 Å². The van der Waals surface area contributed by atoms with Gasteiger partial charge in [-0.05, 0) is 37.0 Å². The fourth-order valence-corrected chi connectivity index (χ4v) is 2.86. The molecule has 2 bridgehead atoms. The molecule has 12 heavy (non-hydrogen) atoms. The first-order valence-electron chi connectivity index (χ1n) is 4.59. The Hall–Kier alpha value is -0.570. The third-order valence-electron chi connectivity index (χ3n) is 3.45. The quantitative estimate of drug-likeness (QED) is 0.646. The molecule has 2 fully saturated rings. The Balaban J connectivity index is 2.02. The molecule has 2 rings (SSSR count). The van der Waals surface area contributed by atoms with E-state index in [1.165, 1.54) is 6.42 Å². The molecule has 2 saturated carbocycles. The van der Waals surface area contributed by atoms with E-state index in [1.54, 1.807) is 0 Å². The van der Waals surface area contributed by atoms with Crippen LogP contribution >= 0.6 is 0 Å². The lowest BCUT2D eigenvalue weighted by Gasteiger charge is -2.23. The van der Waals surface area contributed by atoms with E-state index in [4.69, 9.17) is 5.11 Å². The Morgan fingerprint density at radius 1 is 1.33 bits per heavy atom. The Bertz CT molecular complexity index is 202. The number of carboxylic acids is 1. The van der Waals surface area contributed by atoms with Crippen molar-refractivity contribution < 1.29 is 15.0 Å². The van der Waals surface area contributed by atoms with Gasteiger partial charge in [0.2, 0.25) is 0 Å². The zero-order valence-electron chi connectivity index (χ0n) is 6.94. The molecule has 3 heteroatoms. The van der Waals surface area contributed by atoms with Crippen molar-refractivity contribution in [3.8, 4) is 0 Å². The van der Waals surface area contributed by atoms with Gasteiger partial charge in [0.05, 0.1) is 0 Å². The maximum absolute atomic E-state index is 10.5. The van der Waals surface area contributed by atoms with E-state index in [0.717, 1.165) is 19.3 Å². The van der Waals surface area contributed by atoms with Crippen molar-refractivity contribution in [2.75, 3.05) is 0 Å². The molecule has 4 unspecified atom stereocenters. The molecule has 4 atom stereocenters. The van der Waals surface area contributed by atoms with Gasteiger partial charge in [0, 0.05) is 0 Å². The molecule has 0 aliphatic heterocycles. The summed E-state index contributed by atoms with van der Waals surface area (Å²) in [6.45, 7) is 0. The van der Waals surface area contributed by atoms with Crippen LogP contribution < -0.4 is 0 Å². The third-order valence-corrected chi connectivity index (χ3v) is 3.45. The minimum absolute atomic E-state index is 0.0428. The highest BCUT2D eigenvalue weighted by atomic mass is 16.4. The minimum atomic E-state index is -1.11. The van der Waals surface area contributed by atoms with Crippen molar-refractivity contribution >= 4 is 5.97 Å². The van der Waals surface area contributed by atoms with Gasteiger partial charge in [0.25, 0.3) is 0 Å². The zero-order valence-corrected chi connectivity index (χ0v) is 6.94. The van der Waals surface area contributed by atoms with Crippen molar-refractivity contribution in [3.05, 3.63) is 0 Å².